The number of carbonyl (C=O) groups is 1. The quantitative estimate of drug-likeness (QED) is 0.308. The first kappa shape index (κ1) is 28.2. The van der Waals surface area contributed by atoms with E-state index >= 15 is 0 Å². The van der Waals surface area contributed by atoms with Gasteiger partial charge in [-0.1, -0.05) is 35.3 Å². The number of benzene rings is 1. The van der Waals surface area contributed by atoms with Gasteiger partial charge in [0.05, 0.1) is 28.2 Å². The number of aliphatic hydroxyl groups is 1. The summed E-state index contributed by atoms with van der Waals surface area (Å²) in [5, 5.41) is 18.7. The Balaban J connectivity index is 1.30. The minimum Gasteiger partial charge on any atom is -0.381 e. The van der Waals surface area contributed by atoms with Crippen molar-refractivity contribution in [3.8, 4) is 10.6 Å². The minimum atomic E-state index is -0.942. The van der Waals surface area contributed by atoms with Gasteiger partial charge in [0.25, 0.3) is 0 Å². The average molecular weight is 592 g/mol. The Hall–Kier alpha value is -2.31. The van der Waals surface area contributed by atoms with Crippen LogP contribution in [0.1, 0.15) is 48.0 Å². The molecule has 2 aromatic heterocycles. The van der Waals surface area contributed by atoms with E-state index < -0.39 is 12.3 Å². The van der Waals surface area contributed by atoms with Crippen molar-refractivity contribution < 1.29 is 14.6 Å². The number of aromatic nitrogens is 2. The molecule has 3 atom stereocenters. The van der Waals surface area contributed by atoms with Gasteiger partial charge in [-0.25, -0.2) is 9.97 Å². The predicted octanol–water partition coefficient (Wildman–Crippen LogP) is 4.16. The third kappa shape index (κ3) is 6.38. The topological polar surface area (TPSA) is 126 Å². The van der Waals surface area contributed by atoms with E-state index in [9.17, 15) is 9.90 Å². The predicted molar refractivity (Wildman–Crippen MR) is 154 cm³/mol. The van der Waals surface area contributed by atoms with E-state index in [0.29, 0.717) is 47.9 Å². The van der Waals surface area contributed by atoms with Gasteiger partial charge in [0.1, 0.15) is 11.9 Å². The number of rotatable bonds is 8. The lowest BCUT2D eigenvalue weighted by molar-refractivity contribution is -0.132. The molecule has 4 heterocycles. The molecule has 5 rings (SSSR count). The maximum atomic E-state index is 13.2. The van der Waals surface area contributed by atoms with Gasteiger partial charge >= 0.3 is 0 Å². The third-order valence-electron chi connectivity index (χ3n) is 7.24. The molecule has 208 valence electrons. The number of hydrogen-bond donors (Lipinski definition) is 4. The lowest BCUT2D eigenvalue weighted by Gasteiger charge is -2.36. The van der Waals surface area contributed by atoms with Gasteiger partial charge < -0.3 is 26.2 Å². The molecular formula is C27H32Cl2N6O3S. The molecule has 2 aliphatic heterocycles. The molecule has 1 amide bonds. The molecule has 0 saturated carbocycles. The van der Waals surface area contributed by atoms with Crippen LogP contribution in [0, 0.1) is 0 Å². The van der Waals surface area contributed by atoms with Crippen molar-refractivity contribution in [2.45, 2.75) is 50.5 Å². The Morgan fingerprint density at radius 2 is 2.10 bits per heavy atom. The Bertz CT molecular complexity index is 1320. The van der Waals surface area contributed by atoms with Crippen LogP contribution in [0.4, 0.5) is 5.95 Å². The van der Waals surface area contributed by atoms with Crippen LogP contribution in [0.5, 0.6) is 0 Å². The molecule has 1 saturated heterocycles. The van der Waals surface area contributed by atoms with Crippen LogP contribution in [-0.2, 0) is 16.0 Å². The fourth-order valence-electron chi connectivity index (χ4n) is 4.99. The molecule has 0 radical (unpaired) electrons. The Morgan fingerprint density at radius 3 is 2.85 bits per heavy atom. The van der Waals surface area contributed by atoms with Crippen molar-refractivity contribution in [2.75, 3.05) is 31.6 Å². The summed E-state index contributed by atoms with van der Waals surface area (Å²) in [5.74, 6) is 0.306. The Kier molecular flexibility index (Phi) is 9.02. The molecule has 1 fully saturated rings. The number of nitrogens with two attached hydrogens (primary N) is 1. The number of halogens is 2. The molecule has 3 aromatic rings. The van der Waals surface area contributed by atoms with Crippen LogP contribution < -0.4 is 16.4 Å². The fourth-order valence-corrected chi connectivity index (χ4v) is 6.62. The lowest BCUT2D eigenvalue weighted by Crippen LogP contribution is -2.50. The summed E-state index contributed by atoms with van der Waals surface area (Å²) in [6.45, 7) is 3.98. The number of anilines is 1. The van der Waals surface area contributed by atoms with Crippen LogP contribution in [0.15, 0.2) is 36.5 Å². The molecule has 1 aromatic carbocycles. The second-order valence-corrected chi connectivity index (χ2v) is 11.8. The molecule has 0 bridgehead atoms. The van der Waals surface area contributed by atoms with E-state index in [-0.39, 0.29) is 24.5 Å². The molecule has 2 aliphatic rings. The molecule has 5 N–H and O–H groups in total. The third-order valence-corrected chi connectivity index (χ3v) is 8.97. The number of aliphatic hydroxyl groups excluding tert-OH is 1. The molecule has 12 heteroatoms. The van der Waals surface area contributed by atoms with Crippen LogP contribution in [-0.4, -0.2) is 64.3 Å². The number of amides is 1. The van der Waals surface area contributed by atoms with E-state index in [1.54, 1.807) is 41.5 Å². The highest BCUT2D eigenvalue weighted by molar-refractivity contribution is 7.15. The first-order chi connectivity index (χ1) is 18.8. The summed E-state index contributed by atoms with van der Waals surface area (Å²) < 4.78 is 5.43. The van der Waals surface area contributed by atoms with Crippen molar-refractivity contribution in [3.05, 3.63) is 62.6 Å². The van der Waals surface area contributed by atoms with Crippen LogP contribution in [0.3, 0.4) is 0 Å². The molecule has 39 heavy (non-hydrogen) atoms. The highest BCUT2D eigenvalue weighted by atomic mass is 35.5. The number of thiophene rings is 1. The summed E-state index contributed by atoms with van der Waals surface area (Å²) in [6.07, 6.45) is 3.15. The van der Waals surface area contributed by atoms with Crippen molar-refractivity contribution in [1.82, 2.24) is 20.2 Å². The van der Waals surface area contributed by atoms with Crippen LogP contribution in [0.2, 0.25) is 10.0 Å². The minimum absolute atomic E-state index is 0.217. The average Bonchev–Trinajstić information content (AvgIpc) is 3.38. The van der Waals surface area contributed by atoms with Gasteiger partial charge in [0.15, 0.2) is 0 Å². The van der Waals surface area contributed by atoms with Gasteiger partial charge in [0, 0.05) is 47.8 Å². The van der Waals surface area contributed by atoms with Crippen molar-refractivity contribution in [1.29, 1.82) is 0 Å². The molecule has 1 unspecified atom stereocenters. The maximum absolute atomic E-state index is 13.2. The normalized spacial score (nSPS) is 19.8. The number of carbonyl (C=O) groups excluding carboxylic acids is 1. The van der Waals surface area contributed by atoms with Crippen LogP contribution >= 0.6 is 34.5 Å². The number of nitrogens with one attached hydrogen (secondary N) is 2. The molecule has 0 aliphatic carbocycles. The number of ether oxygens (including phenoxy) is 1. The highest BCUT2D eigenvalue weighted by Crippen LogP contribution is 2.41. The zero-order valence-corrected chi connectivity index (χ0v) is 23.9. The Labute approximate surface area is 241 Å². The lowest BCUT2D eigenvalue weighted by atomic mass is 10.0. The standard InChI is InChI=1S/C27H32Cl2N6O3S/c1-15(25(36)33-21(13-30)16-3-2-4-17(28)11-16)35-8-5-22-19(26(35)37)12-23(39-22)24-20(29)14-31-27(34-24)32-18-6-9-38-10-7-18/h2-4,11-12,14-15,18,21,26,37H,5-10,13,30H2,1H3,(H,33,36)(H,31,32,34)/t15-,21+,26?/m0/s1. The van der Waals surface area contributed by atoms with Gasteiger partial charge in [-0.05, 0) is 49.9 Å². The van der Waals surface area contributed by atoms with E-state index in [4.69, 9.17) is 38.7 Å². The summed E-state index contributed by atoms with van der Waals surface area (Å²) >= 11 is 14.2. The molecular weight excluding hydrogens is 559 g/mol. The smallest absolute Gasteiger partial charge is 0.237 e. The van der Waals surface area contributed by atoms with E-state index in [2.05, 4.69) is 15.6 Å². The maximum Gasteiger partial charge on any atom is 0.237 e. The first-order valence-corrected chi connectivity index (χ1v) is 14.6. The van der Waals surface area contributed by atoms with Gasteiger partial charge in [-0.15, -0.1) is 11.3 Å². The SMILES string of the molecule is C[C@@H](C(=O)N[C@H](CN)c1cccc(Cl)c1)N1CCc2sc(-c3nc(NC4CCOCC4)ncc3Cl)cc2C1O. The van der Waals surface area contributed by atoms with Gasteiger partial charge in [0.2, 0.25) is 11.9 Å². The van der Waals surface area contributed by atoms with Gasteiger partial charge in [-0.3, -0.25) is 9.69 Å². The monoisotopic (exact) mass is 590 g/mol. The summed E-state index contributed by atoms with van der Waals surface area (Å²) in [6, 6.07) is 8.49. The second kappa shape index (κ2) is 12.5. The number of hydrogen-bond acceptors (Lipinski definition) is 9. The number of nitrogens with zero attached hydrogens (tertiary/aromatic N) is 3. The van der Waals surface area contributed by atoms with Crippen molar-refractivity contribution in [2.24, 2.45) is 5.73 Å². The summed E-state index contributed by atoms with van der Waals surface area (Å²) in [5.41, 5.74) is 8.18. The zero-order valence-electron chi connectivity index (χ0n) is 21.6. The highest BCUT2D eigenvalue weighted by Gasteiger charge is 2.35. The van der Waals surface area contributed by atoms with Crippen molar-refractivity contribution in [3.63, 3.8) is 0 Å². The van der Waals surface area contributed by atoms with E-state index in [1.807, 2.05) is 18.2 Å². The first-order valence-electron chi connectivity index (χ1n) is 13.0. The largest absolute Gasteiger partial charge is 0.381 e. The van der Waals surface area contributed by atoms with E-state index in [1.165, 1.54) is 0 Å². The van der Waals surface area contributed by atoms with Gasteiger partial charge in [-0.2, -0.15) is 0 Å². The second-order valence-electron chi connectivity index (χ2n) is 9.80. The summed E-state index contributed by atoms with van der Waals surface area (Å²) in [7, 11) is 0. The fraction of sp³-hybridized carbons (Fsp3) is 0.444. The zero-order chi connectivity index (χ0) is 27.5. The van der Waals surface area contributed by atoms with E-state index in [0.717, 1.165) is 33.7 Å². The Morgan fingerprint density at radius 1 is 1.31 bits per heavy atom. The molecule has 9 nitrogen and oxygen atoms in total. The van der Waals surface area contributed by atoms with Crippen LogP contribution in [0.25, 0.3) is 10.6 Å². The summed E-state index contributed by atoms with van der Waals surface area (Å²) in [4.78, 5) is 26.0. The van der Waals surface area contributed by atoms with Crippen molar-refractivity contribution >= 4 is 46.4 Å². The number of fused-ring (bicyclic) bond motifs is 1. The molecule has 0 spiro atoms.